The molecule has 1 saturated heterocycles. The molecule has 2 aliphatic rings. The molecule has 1 aliphatic heterocycles. The lowest BCUT2D eigenvalue weighted by atomic mass is 10.00. The van der Waals surface area contributed by atoms with Gasteiger partial charge in [-0.1, -0.05) is 30.8 Å². The van der Waals surface area contributed by atoms with Gasteiger partial charge in [-0.3, -0.25) is 19.6 Å². The normalized spacial score (nSPS) is 21.1. The van der Waals surface area contributed by atoms with E-state index in [1.54, 1.807) is 32.0 Å². The highest BCUT2D eigenvalue weighted by Gasteiger charge is 2.47. The number of urea groups is 1. The minimum Gasteiger partial charge on any atom is -0.322 e. The molecular formula is C19H21FN6O3S. The molecule has 11 heteroatoms. The standard InChI is InChI=1S/C19H21FN6O3S/c1-3-19(2)16(28)26(17(29)21-19)24-14(27)10-30-18-23-22-15(25(18)11-8-9-11)12-6-4-5-7-13(12)20/h4-7,11H,3,8-10H2,1-2H3,(H,21,29)(H,24,27)/t19-/m1/s1. The third kappa shape index (κ3) is 3.64. The molecule has 2 fully saturated rings. The van der Waals surface area contributed by atoms with Crippen molar-refractivity contribution in [3.8, 4) is 11.4 Å². The summed E-state index contributed by atoms with van der Waals surface area (Å²) in [5, 5.41) is 12.0. The zero-order valence-electron chi connectivity index (χ0n) is 16.5. The summed E-state index contributed by atoms with van der Waals surface area (Å²) in [4.78, 5) is 36.8. The maximum absolute atomic E-state index is 14.2. The first-order valence-corrected chi connectivity index (χ1v) is 10.6. The lowest BCUT2D eigenvalue weighted by molar-refractivity contribution is -0.137. The molecule has 30 heavy (non-hydrogen) atoms. The van der Waals surface area contributed by atoms with Crippen LogP contribution in [-0.4, -0.2) is 48.9 Å². The number of benzene rings is 1. The smallest absolute Gasteiger partial charge is 0.322 e. The molecule has 1 aromatic carbocycles. The summed E-state index contributed by atoms with van der Waals surface area (Å²) in [6, 6.07) is 5.84. The van der Waals surface area contributed by atoms with Crippen LogP contribution in [0, 0.1) is 5.82 Å². The van der Waals surface area contributed by atoms with Crippen LogP contribution in [0.2, 0.25) is 0 Å². The monoisotopic (exact) mass is 432 g/mol. The maximum Gasteiger partial charge on any atom is 0.344 e. The average molecular weight is 432 g/mol. The molecule has 9 nitrogen and oxygen atoms in total. The van der Waals surface area contributed by atoms with Crippen LogP contribution in [0.1, 0.15) is 39.2 Å². The number of amides is 4. The lowest BCUT2D eigenvalue weighted by Crippen LogP contribution is -2.49. The second-order valence-electron chi connectivity index (χ2n) is 7.47. The fourth-order valence-corrected chi connectivity index (χ4v) is 3.97. The van der Waals surface area contributed by atoms with Gasteiger partial charge in [0.2, 0.25) is 5.91 Å². The Labute approximate surface area is 176 Å². The number of hydrogen-bond acceptors (Lipinski definition) is 6. The Morgan fingerprint density at radius 1 is 1.33 bits per heavy atom. The Bertz CT molecular complexity index is 1020. The van der Waals surface area contributed by atoms with Gasteiger partial charge in [-0.05, 0) is 38.3 Å². The summed E-state index contributed by atoms with van der Waals surface area (Å²) in [6.07, 6.45) is 2.26. The Kier molecular flexibility index (Phi) is 5.22. The highest BCUT2D eigenvalue weighted by atomic mass is 32.2. The Balaban J connectivity index is 1.46. The van der Waals surface area contributed by atoms with Crippen LogP contribution < -0.4 is 10.7 Å². The summed E-state index contributed by atoms with van der Waals surface area (Å²) in [6.45, 7) is 3.38. The molecular weight excluding hydrogens is 411 g/mol. The first kappa shape index (κ1) is 20.3. The van der Waals surface area contributed by atoms with Gasteiger partial charge in [-0.15, -0.1) is 10.2 Å². The molecule has 1 atom stereocenters. The van der Waals surface area contributed by atoms with Gasteiger partial charge in [-0.2, -0.15) is 5.01 Å². The van der Waals surface area contributed by atoms with Gasteiger partial charge >= 0.3 is 6.03 Å². The summed E-state index contributed by atoms with van der Waals surface area (Å²) in [7, 11) is 0. The van der Waals surface area contributed by atoms with Crippen LogP contribution in [0.15, 0.2) is 29.4 Å². The number of halogens is 1. The zero-order valence-corrected chi connectivity index (χ0v) is 17.3. The fraction of sp³-hybridized carbons (Fsp3) is 0.421. The van der Waals surface area contributed by atoms with E-state index in [0.29, 0.717) is 28.0 Å². The predicted molar refractivity (Wildman–Crippen MR) is 107 cm³/mol. The predicted octanol–water partition coefficient (Wildman–Crippen LogP) is 2.26. The molecule has 0 spiro atoms. The van der Waals surface area contributed by atoms with Gasteiger partial charge in [0.1, 0.15) is 11.4 Å². The Morgan fingerprint density at radius 2 is 2.07 bits per heavy atom. The molecule has 2 N–H and O–H groups in total. The number of thioether (sulfide) groups is 1. The molecule has 0 radical (unpaired) electrons. The third-order valence-corrected chi connectivity index (χ3v) is 6.17. The highest BCUT2D eigenvalue weighted by Crippen LogP contribution is 2.41. The summed E-state index contributed by atoms with van der Waals surface area (Å²) in [5.41, 5.74) is 1.67. The van der Waals surface area contributed by atoms with E-state index in [0.717, 1.165) is 24.6 Å². The maximum atomic E-state index is 14.2. The van der Waals surface area contributed by atoms with Crippen LogP contribution >= 0.6 is 11.8 Å². The van der Waals surface area contributed by atoms with Crippen molar-refractivity contribution in [1.82, 2.24) is 30.5 Å². The summed E-state index contributed by atoms with van der Waals surface area (Å²) < 4.78 is 16.1. The SMILES string of the molecule is CC[C@@]1(C)NC(=O)N(NC(=O)CSc2nnc(-c3ccccc3F)n2C2CC2)C1=O. The number of carbonyl (C=O) groups excluding carboxylic acids is 3. The molecule has 2 aromatic rings. The number of hydrazine groups is 1. The fourth-order valence-electron chi connectivity index (χ4n) is 3.18. The van der Waals surface area contributed by atoms with E-state index in [1.165, 1.54) is 6.07 Å². The molecule has 4 amide bonds. The van der Waals surface area contributed by atoms with Crippen molar-refractivity contribution in [2.75, 3.05) is 5.75 Å². The molecule has 1 aliphatic carbocycles. The van der Waals surface area contributed by atoms with Crippen molar-refractivity contribution in [3.63, 3.8) is 0 Å². The molecule has 1 aromatic heterocycles. The quantitative estimate of drug-likeness (QED) is 0.513. The second kappa shape index (κ2) is 7.71. The molecule has 2 heterocycles. The van der Waals surface area contributed by atoms with E-state index >= 15 is 0 Å². The number of aromatic nitrogens is 3. The van der Waals surface area contributed by atoms with Crippen LogP contribution in [0.3, 0.4) is 0 Å². The van der Waals surface area contributed by atoms with E-state index in [-0.39, 0.29) is 11.8 Å². The second-order valence-corrected chi connectivity index (χ2v) is 8.41. The summed E-state index contributed by atoms with van der Waals surface area (Å²) in [5.74, 6) is -1.08. The molecule has 0 bridgehead atoms. The van der Waals surface area contributed by atoms with Gasteiger partial charge in [0.05, 0.1) is 11.3 Å². The van der Waals surface area contributed by atoms with Gasteiger partial charge in [-0.25, -0.2) is 9.18 Å². The van der Waals surface area contributed by atoms with E-state index in [2.05, 4.69) is 20.9 Å². The Morgan fingerprint density at radius 3 is 2.70 bits per heavy atom. The first-order chi connectivity index (χ1) is 14.3. The minimum atomic E-state index is -1.03. The van der Waals surface area contributed by atoms with E-state index in [1.807, 2.05) is 4.57 Å². The first-order valence-electron chi connectivity index (χ1n) is 9.63. The number of imide groups is 1. The van der Waals surface area contributed by atoms with Gasteiger partial charge in [0, 0.05) is 6.04 Å². The van der Waals surface area contributed by atoms with Crippen molar-refractivity contribution in [3.05, 3.63) is 30.1 Å². The molecule has 4 rings (SSSR count). The number of nitrogens with one attached hydrogen (secondary N) is 2. The lowest BCUT2D eigenvalue weighted by Gasteiger charge is -2.19. The van der Waals surface area contributed by atoms with Crippen molar-refractivity contribution in [2.45, 2.75) is 49.8 Å². The van der Waals surface area contributed by atoms with Crippen molar-refractivity contribution >= 4 is 29.6 Å². The van der Waals surface area contributed by atoms with Gasteiger partial charge in [0.25, 0.3) is 5.91 Å². The molecule has 1 saturated carbocycles. The molecule has 0 unspecified atom stereocenters. The number of nitrogens with zero attached hydrogens (tertiary/aromatic N) is 4. The number of hydrogen-bond donors (Lipinski definition) is 2. The average Bonchev–Trinajstić information content (AvgIpc) is 3.44. The number of rotatable bonds is 7. The van der Waals surface area contributed by atoms with Crippen molar-refractivity contribution < 1.29 is 18.8 Å². The van der Waals surface area contributed by atoms with Crippen molar-refractivity contribution in [2.24, 2.45) is 0 Å². The van der Waals surface area contributed by atoms with E-state index < -0.39 is 29.2 Å². The largest absolute Gasteiger partial charge is 0.344 e. The highest BCUT2D eigenvalue weighted by molar-refractivity contribution is 7.99. The minimum absolute atomic E-state index is 0.0813. The zero-order chi connectivity index (χ0) is 21.5. The van der Waals surface area contributed by atoms with Crippen LogP contribution in [0.5, 0.6) is 0 Å². The molecule has 158 valence electrons. The van der Waals surface area contributed by atoms with Gasteiger partial charge < -0.3 is 5.32 Å². The van der Waals surface area contributed by atoms with Crippen molar-refractivity contribution in [1.29, 1.82) is 0 Å². The number of carbonyl (C=O) groups is 3. The topological polar surface area (TPSA) is 109 Å². The Hall–Kier alpha value is -2.95. The van der Waals surface area contributed by atoms with E-state index in [9.17, 15) is 18.8 Å². The van der Waals surface area contributed by atoms with Gasteiger partial charge in [0.15, 0.2) is 11.0 Å². The van der Waals surface area contributed by atoms with Crippen LogP contribution in [0.25, 0.3) is 11.4 Å². The van der Waals surface area contributed by atoms with E-state index in [4.69, 9.17) is 0 Å². The third-order valence-electron chi connectivity index (χ3n) is 5.23. The summed E-state index contributed by atoms with van der Waals surface area (Å²) >= 11 is 1.12. The van der Waals surface area contributed by atoms with Crippen LogP contribution in [-0.2, 0) is 9.59 Å². The van der Waals surface area contributed by atoms with Crippen LogP contribution in [0.4, 0.5) is 9.18 Å².